The molecular formula is C21H25NO5S. The average molecular weight is 404 g/mol. The third-order valence-electron chi connectivity index (χ3n) is 7.48. The Balaban J connectivity index is 1.74. The van der Waals surface area contributed by atoms with Crippen molar-refractivity contribution in [3.8, 4) is 0 Å². The Bertz CT molecular complexity index is 862. The quantitative estimate of drug-likeness (QED) is 0.328. The fourth-order valence-corrected chi connectivity index (χ4v) is 7.51. The molecule has 2 aliphatic carbocycles. The van der Waals surface area contributed by atoms with Crippen molar-refractivity contribution in [1.82, 2.24) is 0 Å². The number of carbonyl (C=O) groups is 1. The van der Waals surface area contributed by atoms with Crippen LogP contribution in [-0.2, 0) is 20.3 Å². The number of aldehydes is 1. The van der Waals surface area contributed by atoms with E-state index in [0.717, 1.165) is 24.8 Å². The van der Waals surface area contributed by atoms with Crippen LogP contribution in [0.5, 0.6) is 0 Å². The number of fused-ring (bicyclic) bond motifs is 1. The fourth-order valence-electron chi connectivity index (χ4n) is 5.61. The van der Waals surface area contributed by atoms with Gasteiger partial charge in [-0.1, -0.05) is 13.8 Å². The third kappa shape index (κ3) is 2.87. The number of benzene rings is 1. The van der Waals surface area contributed by atoms with E-state index in [2.05, 4.69) is 13.8 Å². The van der Waals surface area contributed by atoms with E-state index < -0.39 is 15.7 Å². The van der Waals surface area contributed by atoms with Crippen LogP contribution in [0, 0.1) is 26.9 Å². The molecule has 5 atom stereocenters. The van der Waals surface area contributed by atoms with E-state index >= 15 is 0 Å². The summed E-state index contributed by atoms with van der Waals surface area (Å²) in [6, 6.07) is 6.35. The summed E-state index contributed by atoms with van der Waals surface area (Å²) in [4.78, 5) is 22.3. The van der Waals surface area contributed by atoms with Gasteiger partial charge in [0.15, 0.2) is 0 Å². The average Bonchev–Trinajstić information content (AvgIpc) is 3.00. The highest BCUT2D eigenvalue weighted by molar-refractivity contribution is 7.89. The Kier molecular flexibility index (Phi) is 4.78. The van der Waals surface area contributed by atoms with Crippen LogP contribution in [0.2, 0.25) is 0 Å². The number of hydrogen-bond donors (Lipinski definition) is 0. The fraction of sp³-hybridized carbons (Fsp3) is 0.571. The first-order valence-corrected chi connectivity index (χ1v) is 11.0. The van der Waals surface area contributed by atoms with Gasteiger partial charge in [-0.05, 0) is 54.4 Å². The van der Waals surface area contributed by atoms with Gasteiger partial charge in [0.25, 0.3) is 5.69 Å². The van der Waals surface area contributed by atoms with Crippen molar-refractivity contribution in [1.29, 1.82) is 0 Å². The highest BCUT2D eigenvalue weighted by Crippen LogP contribution is 2.68. The monoisotopic (exact) mass is 403 g/mol. The molecule has 3 fully saturated rings. The van der Waals surface area contributed by atoms with Crippen LogP contribution in [0.15, 0.2) is 35.2 Å². The predicted molar refractivity (Wildman–Crippen MR) is 106 cm³/mol. The second-order valence-corrected chi connectivity index (χ2v) is 10.3. The highest BCUT2D eigenvalue weighted by atomic mass is 32.2. The van der Waals surface area contributed by atoms with Gasteiger partial charge in [-0.3, -0.25) is 19.1 Å². The molecule has 28 heavy (non-hydrogen) atoms. The molecule has 2 saturated carbocycles. The lowest BCUT2D eigenvalue weighted by atomic mass is 9.69. The Hall–Kier alpha value is -1.86. The summed E-state index contributed by atoms with van der Waals surface area (Å²) in [6.07, 6.45) is 5.18. The molecule has 0 N–H and O–H groups in total. The predicted octanol–water partition coefficient (Wildman–Crippen LogP) is 4.08. The first-order chi connectivity index (χ1) is 13.3. The number of rotatable bonds is 3. The lowest BCUT2D eigenvalue weighted by Gasteiger charge is -2.45. The van der Waals surface area contributed by atoms with Gasteiger partial charge in [-0.15, -0.1) is 0 Å². The molecule has 1 saturated heterocycles. The number of hydrogen-bond acceptors (Lipinski definition) is 5. The van der Waals surface area contributed by atoms with Crippen molar-refractivity contribution >= 4 is 22.8 Å². The second kappa shape index (κ2) is 6.88. The molecule has 4 rings (SSSR count). The zero-order valence-electron chi connectivity index (χ0n) is 16.1. The van der Waals surface area contributed by atoms with Crippen LogP contribution < -0.4 is 0 Å². The molecule has 1 aliphatic heterocycles. The Morgan fingerprint density at radius 2 is 2.00 bits per heavy atom. The number of nitrogens with zero attached hydrogens (tertiary/aromatic N) is 1. The highest BCUT2D eigenvalue weighted by Gasteiger charge is 2.65. The van der Waals surface area contributed by atoms with Crippen molar-refractivity contribution in [3.63, 3.8) is 0 Å². The molecular weight excluding hydrogens is 378 g/mol. The van der Waals surface area contributed by atoms with E-state index in [1.54, 1.807) is 12.1 Å². The minimum Gasteiger partial charge on any atom is -0.369 e. The maximum Gasteiger partial charge on any atom is 0.269 e. The first-order valence-electron chi connectivity index (χ1n) is 9.71. The van der Waals surface area contributed by atoms with E-state index in [4.69, 9.17) is 4.74 Å². The summed E-state index contributed by atoms with van der Waals surface area (Å²) < 4.78 is 19.9. The van der Waals surface area contributed by atoms with Gasteiger partial charge in [0.05, 0.1) is 17.1 Å². The molecule has 6 nitrogen and oxygen atoms in total. The van der Waals surface area contributed by atoms with Crippen LogP contribution >= 0.6 is 0 Å². The van der Waals surface area contributed by atoms with Crippen LogP contribution in [0.25, 0.3) is 0 Å². The summed E-state index contributed by atoms with van der Waals surface area (Å²) in [7, 11) is -1.24. The third-order valence-corrected chi connectivity index (χ3v) is 9.15. The van der Waals surface area contributed by atoms with Crippen molar-refractivity contribution in [3.05, 3.63) is 50.9 Å². The first kappa shape index (κ1) is 19.5. The van der Waals surface area contributed by atoms with Crippen LogP contribution in [0.1, 0.15) is 51.2 Å². The molecule has 2 bridgehead atoms. The largest absolute Gasteiger partial charge is 0.369 e. The Labute approximate surface area is 167 Å². The molecule has 0 aromatic heterocycles. The van der Waals surface area contributed by atoms with Crippen molar-refractivity contribution < 1.29 is 18.7 Å². The van der Waals surface area contributed by atoms with Crippen molar-refractivity contribution in [2.24, 2.45) is 16.7 Å². The zero-order valence-corrected chi connectivity index (χ0v) is 16.9. The topological polar surface area (TPSA) is 86.5 Å². The zero-order chi connectivity index (χ0) is 20.1. The Morgan fingerprint density at radius 3 is 2.61 bits per heavy atom. The molecule has 1 aromatic rings. The summed E-state index contributed by atoms with van der Waals surface area (Å²) in [5.41, 5.74) is 0.720. The molecule has 1 heterocycles. The molecule has 1 unspecified atom stereocenters. The number of non-ortho nitro benzene ring substituents is 1. The van der Waals surface area contributed by atoms with Gasteiger partial charge < -0.3 is 4.74 Å². The molecule has 150 valence electrons. The molecule has 0 radical (unpaired) electrons. The summed E-state index contributed by atoms with van der Waals surface area (Å²) >= 11 is 0. The number of carbonyl (C=O) groups excluding carboxylic acids is 1. The molecule has 0 amide bonds. The minimum absolute atomic E-state index is 0.0168. The maximum atomic E-state index is 13.2. The normalized spacial score (nSPS) is 37.9. The summed E-state index contributed by atoms with van der Waals surface area (Å²) in [6.45, 7) is 4.52. The van der Waals surface area contributed by atoms with E-state index in [0.29, 0.717) is 29.3 Å². The van der Waals surface area contributed by atoms with E-state index in [9.17, 15) is 19.1 Å². The van der Waals surface area contributed by atoms with Gasteiger partial charge in [-0.2, -0.15) is 0 Å². The Morgan fingerprint density at radius 1 is 1.29 bits per heavy atom. The van der Waals surface area contributed by atoms with Gasteiger partial charge >= 0.3 is 0 Å². The minimum atomic E-state index is -1.24. The van der Waals surface area contributed by atoms with Crippen LogP contribution in [-0.4, -0.2) is 27.3 Å². The van der Waals surface area contributed by atoms with Gasteiger partial charge in [0.1, 0.15) is 6.29 Å². The van der Waals surface area contributed by atoms with Gasteiger partial charge in [-0.25, -0.2) is 0 Å². The number of allylic oxidation sites excluding steroid dienone is 1. The van der Waals surface area contributed by atoms with Crippen LogP contribution in [0.4, 0.5) is 5.69 Å². The van der Waals surface area contributed by atoms with E-state index in [1.807, 2.05) is 0 Å². The van der Waals surface area contributed by atoms with Crippen molar-refractivity contribution in [2.45, 2.75) is 51.7 Å². The van der Waals surface area contributed by atoms with Gasteiger partial charge in [0.2, 0.25) is 0 Å². The van der Waals surface area contributed by atoms with E-state index in [-0.39, 0.29) is 28.7 Å². The SMILES string of the molecule is CC1(C)[C@@H]2CC[C@]13CS(=O)/C(=C/C=O)C[C@H](c1ccc([N+](=O)[O-])cc1)O[C@@H]3C2. The molecule has 1 spiro atoms. The number of nitro benzene ring substituents is 1. The number of nitro groups is 1. The van der Waals surface area contributed by atoms with E-state index in [1.165, 1.54) is 18.2 Å². The van der Waals surface area contributed by atoms with Gasteiger partial charge in [0, 0.05) is 45.4 Å². The standard InChI is InChI=1S/C21H25NO5S/c1-20(2)15-7-9-21(20)13-28(26)17(8-10-23)12-18(27-19(21)11-15)14-3-5-16(6-4-14)22(24)25/h3-6,8,10,15,18-19H,7,9,11-13H2,1-2H3/b17-8+/t15-,18-,19-,21-,28?/m1/s1. The number of ether oxygens (including phenoxy) is 1. The van der Waals surface area contributed by atoms with Crippen molar-refractivity contribution in [2.75, 3.05) is 5.75 Å². The smallest absolute Gasteiger partial charge is 0.269 e. The summed E-state index contributed by atoms with van der Waals surface area (Å²) in [5.74, 6) is 1.08. The second-order valence-electron chi connectivity index (χ2n) is 8.77. The molecule has 7 heteroatoms. The molecule has 1 aromatic carbocycles. The maximum absolute atomic E-state index is 13.2. The van der Waals surface area contributed by atoms with Crippen LogP contribution in [0.3, 0.4) is 0 Å². The lowest BCUT2D eigenvalue weighted by molar-refractivity contribution is -0.384. The summed E-state index contributed by atoms with van der Waals surface area (Å²) in [5, 5.41) is 11.0. The molecule has 3 aliphatic rings. The lowest BCUT2D eigenvalue weighted by Crippen LogP contribution is -2.46.